The van der Waals surface area contributed by atoms with Crippen LogP contribution in [-0.2, 0) is 4.43 Å². The van der Waals surface area contributed by atoms with Crippen LogP contribution in [0.5, 0.6) is 0 Å². The third-order valence-corrected chi connectivity index (χ3v) is 7.16. The van der Waals surface area contributed by atoms with Crippen molar-refractivity contribution in [2.45, 2.75) is 13.0 Å². The lowest BCUT2D eigenvalue weighted by Crippen LogP contribution is -2.45. The van der Waals surface area contributed by atoms with Gasteiger partial charge in [-0.25, -0.2) is 0 Å². The minimum atomic E-state index is -1.31. The first-order chi connectivity index (χ1) is 13.8. The summed E-state index contributed by atoms with van der Waals surface area (Å²) < 4.78 is 6.66. The van der Waals surface area contributed by atoms with E-state index in [1.807, 2.05) is 6.07 Å². The van der Waals surface area contributed by atoms with E-state index < -0.39 is 9.04 Å². The largest absolute Gasteiger partial charge is 0.400 e. The van der Waals surface area contributed by atoms with Crippen LogP contribution in [0.1, 0.15) is 18.6 Å². The molecule has 0 aliphatic heterocycles. The maximum absolute atomic E-state index is 6.66. The van der Waals surface area contributed by atoms with Gasteiger partial charge < -0.3 is 4.43 Å². The minimum Gasteiger partial charge on any atom is -0.400 e. The van der Waals surface area contributed by atoms with Crippen LogP contribution >= 0.6 is 0 Å². The van der Waals surface area contributed by atoms with E-state index in [-0.39, 0.29) is 6.10 Å². The maximum atomic E-state index is 6.66. The van der Waals surface area contributed by atoms with Gasteiger partial charge in [0.15, 0.2) is 0 Å². The van der Waals surface area contributed by atoms with Gasteiger partial charge in [-0.1, -0.05) is 115 Å². The third-order valence-electron chi connectivity index (χ3n) is 4.85. The number of hydrogen-bond acceptors (Lipinski definition) is 1. The molecule has 0 N–H and O–H groups in total. The second-order valence-corrected chi connectivity index (χ2v) is 8.86. The number of benzene rings is 4. The lowest BCUT2D eigenvalue weighted by atomic mass is 10.0. The summed E-state index contributed by atoms with van der Waals surface area (Å²) in [5.41, 5.74) is 3.67. The highest BCUT2D eigenvalue weighted by molar-refractivity contribution is 6.80. The Kier molecular flexibility index (Phi) is 5.81. The molecule has 0 saturated heterocycles. The summed E-state index contributed by atoms with van der Waals surface area (Å²) in [5.74, 6) is 0. The van der Waals surface area contributed by atoms with Crippen molar-refractivity contribution in [2.75, 3.05) is 0 Å². The zero-order chi connectivity index (χ0) is 19.2. The predicted octanol–water partition coefficient (Wildman–Crippen LogP) is 5.24. The van der Waals surface area contributed by atoms with Crippen molar-refractivity contribution in [3.63, 3.8) is 0 Å². The smallest absolute Gasteiger partial charge is 0.283 e. The molecule has 2 heteroatoms. The molecule has 0 amide bonds. The molecule has 1 atom stereocenters. The molecule has 4 aromatic carbocycles. The van der Waals surface area contributed by atoms with Gasteiger partial charge >= 0.3 is 0 Å². The molecule has 0 saturated carbocycles. The summed E-state index contributed by atoms with van der Waals surface area (Å²) in [7, 11) is -1.31. The van der Waals surface area contributed by atoms with Crippen LogP contribution in [0.3, 0.4) is 0 Å². The van der Waals surface area contributed by atoms with Crippen LogP contribution in [0.25, 0.3) is 11.1 Å². The summed E-state index contributed by atoms with van der Waals surface area (Å²) in [6, 6.07) is 40.4. The van der Waals surface area contributed by atoms with Gasteiger partial charge in [-0.3, -0.25) is 0 Å². The molecule has 0 aliphatic rings. The van der Waals surface area contributed by atoms with Gasteiger partial charge in [0.2, 0.25) is 0 Å². The topological polar surface area (TPSA) is 9.23 Å². The van der Waals surface area contributed by atoms with Crippen LogP contribution in [0, 0.1) is 0 Å². The van der Waals surface area contributed by atoms with E-state index in [2.05, 4.69) is 116 Å². The van der Waals surface area contributed by atoms with E-state index in [9.17, 15) is 0 Å². The van der Waals surface area contributed by atoms with Gasteiger partial charge in [0.25, 0.3) is 9.04 Å². The van der Waals surface area contributed by atoms with E-state index in [1.165, 1.54) is 27.1 Å². The second-order valence-electron chi connectivity index (χ2n) is 6.81. The first kappa shape index (κ1) is 18.4. The Morgan fingerprint density at radius 2 is 0.964 bits per heavy atom. The molecule has 0 aliphatic carbocycles. The molecule has 0 bridgehead atoms. The number of rotatable bonds is 6. The molecule has 1 unspecified atom stereocenters. The van der Waals surface area contributed by atoms with E-state index in [1.54, 1.807) is 0 Å². The fraction of sp³-hybridized carbons (Fsp3) is 0.0769. The van der Waals surface area contributed by atoms with E-state index in [4.69, 9.17) is 4.43 Å². The molecule has 0 spiro atoms. The lowest BCUT2D eigenvalue weighted by Gasteiger charge is -2.22. The van der Waals surface area contributed by atoms with Crippen molar-refractivity contribution in [1.82, 2.24) is 0 Å². The summed E-state index contributed by atoms with van der Waals surface area (Å²) in [6.45, 7) is 2.15. The van der Waals surface area contributed by atoms with Gasteiger partial charge in [-0.05, 0) is 34.0 Å². The van der Waals surface area contributed by atoms with Crippen molar-refractivity contribution < 1.29 is 4.43 Å². The molecule has 28 heavy (non-hydrogen) atoms. The van der Waals surface area contributed by atoms with Gasteiger partial charge in [-0.2, -0.15) is 0 Å². The molecule has 0 fully saturated rings. The molecule has 137 valence electrons. The molecule has 0 heterocycles. The molecule has 1 nitrogen and oxygen atoms in total. The Hall–Kier alpha value is -2.94. The van der Waals surface area contributed by atoms with Crippen molar-refractivity contribution in [3.05, 3.63) is 121 Å². The third kappa shape index (κ3) is 4.30. The van der Waals surface area contributed by atoms with Gasteiger partial charge in [0, 0.05) is 0 Å². The molecule has 4 rings (SSSR count). The SMILES string of the molecule is CC(O[Si](c1ccccc1)c1ccccc1)c1ccc(-c2ccccc2)cc1. The highest BCUT2D eigenvalue weighted by atomic mass is 28.3. The van der Waals surface area contributed by atoms with E-state index in [0.29, 0.717) is 0 Å². The fourth-order valence-corrected chi connectivity index (χ4v) is 5.39. The van der Waals surface area contributed by atoms with Crippen LogP contribution in [0.15, 0.2) is 115 Å². The van der Waals surface area contributed by atoms with E-state index in [0.717, 1.165) is 0 Å². The van der Waals surface area contributed by atoms with E-state index >= 15 is 0 Å². The molecule has 1 radical (unpaired) electrons. The first-order valence-electron chi connectivity index (χ1n) is 9.61. The zero-order valence-electron chi connectivity index (χ0n) is 16.0. The van der Waals surface area contributed by atoms with Gasteiger partial charge in [0.1, 0.15) is 0 Å². The molecular formula is C26H23OSi. The van der Waals surface area contributed by atoms with Crippen LogP contribution < -0.4 is 10.4 Å². The lowest BCUT2D eigenvalue weighted by molar-refractivity contribution is 0.237. The average Bonchev–Trinajstić information content (AvgIpc) is 2.79. The highest BCUT2D eigenvalue weighted by Crippen LogP contribution is 2.23. The van der Waals surface area contributed by atoms with Gasteiger partial charge in [-0.15, -0.1) is 0 Å². The molecule has 4 aromatic rings. The van der Waals surface area contributed by atoms with Crippen molar-refractivity contribution in [2.24, 2.45) is 0 Å². The minimum absolute atomic E-state index is 0.0270. The normalized spacial score (nSPS) is 12.1. The molecular weight excluding hydrogens is 356 g/mol. The Labute approximate surface area is 169 Å². The average molecular weight is 380 g/mol. The standard InChI is InChI=1S/C26H23OSi/c1-21(22-17-19-24(20-18-22)23-11-5-2-6-12-23)27-28(25-13-7-3-8-14-25)26-15-9-4-10-16-26/h2-21H,1H3. The van der Waals surface area contributed by atoms with Crippen molar-refractivity contribution >= 4 is 19.4 Å². The first-order valence-corrected chi connectivity index (χ1v) is 11.0. The summed E-state index contributed by atoms with van der Waals surface area (Å²) in [5, 5.41) is 2.54. The van der Waals surface area contributed by atoms with Crippen LogP contribution in [-0.4, -0.2) is 9.04 Å². The maximum Gasteiger partial charge on any atom is 0.283 e. The predicted molar refractivity (Wildman–Crippen MR) is 119 cm³/mol. The summed E-state index contributed by atoms with van der Waals surface area (Å²) in [6.07, 6.45) is 0.0270. The summed E-state index contributed by atoms with van der Waals surface area (Å²) >= 11 is 0. The number of hydrogen-bond donors (Lipinski definition) is 0. The molecule has 0 aromatic heterocycles. The van der Waals surface area contributed by atoms with Gasteiger partial charge in [0.05, 0.1) is 6.10 Å². The van der Waals surface area contributed by atoms with Crippen molar-refractivity contribution in [3.8, 4) is 11.1 Å². The van der Waals surface area contributed by atoms with Crippen molar-refractivity contribution in [1.29, 1.82) is 0 Å². The van der Waals surface area contributed by atoms with Crippen LogP contribution in [0.4, 0.5) is 0 Å². The Morgan fingerprint density at radius 3 is 1.46 bits per heavy atom. The summed E-state index contributed by atoms with van der Waals surface area (Å²) in [4.78, 5) is 0. The Morgan fingerprint density at radius 1 is 0.536 bits per heavy atom. The fourth-order valence-electron chi connectivity index (χ4n) is 3.30. The zero-order valence-corrected chi connectivity index (χ0v) is 17.0. The monoisotopic (exact) mass is 379 g/mol. The quantitative estimate of drug-likeness (QED) is 0.417. The van der Waals surface area contributed by atoms with Crippen LogP contribution in [0.2, 0.25) is 0 Å². The Bertz CT molecular complexity index is 943. The second kappa shape index (κ2) is 8.83. The highest BCUT2D eigenvalue weighted by Gasteiger charge is 2.22. The Balaban J connectivity index is 1.57.